The van der Waals surface area contributed by atoms with E-state index in [4.69, 9.17) is 9.47 Å². The van der Waals surface area contributed by atoms with Gasteiger partial charge in [-0.15, -0.1) is 0 Å². The first-order valence-corrected chi connectivity index (χ1v) is 8.06. The zero-order chi connectivity index (χ0) is 18.8. The minimum absolute atomic E-state index is 0.0655. The van der Waals surface area contributed by atoms with Crippen molar-refractivity contribution in [2.24, 2.45) is 5.10 Å². The van der Waals surface area contributed by atoms with Gasteiger partial charge in [0, 0.05) is 6.21 Å². The molecule has 0 aliphatic carbocycles. The molecule has 0 saturated heterocycles. The van der Waals surface area contributed by atoms with Crippen molar-refractivity contribution in [3.63, 3.8) is 0 Å². The van der Waals surface area contributed by atoms with Gasteiger partial charge in [0.15, 0.2) is 11.5 Å². The highest BCUT2D eigenvalue weighted by Crippen LogP contribution is 2.30. The molecule has 0 bridgehead atoms. The van der Waals surface area contributed by atoms with E-state index in [-0.39, 0.29) is 18.9 Å². The highest BCUT2D eigenvalue weighted by molar-refractivity contribution is 5.82. The first-order chi connectivity index (χ1) is 12.7. The molecular weight excluding hydrogens is 332 g/mol. The van der Waals surface area contributed by atoms with Gasteiger partial charge in [-0.25, -0.2) is 5.43 Å². The van der Waals surface area contributed by atoms with Gasteiger partial charge < -0.3 is 14.6 Å². The van der Waals surface area contributed by atoms with Gasteiger partial charge in [0.2, 0.25) is 5.91 Å². The Bertz CT molecular complexity index is 786. The van der Waals surface area contributed by atoms with Crippen LogP contribution in [0, 0.1) is 0 Å². The van der Waals surface area contributed by atoms with Gasteiger partial charge in [-0.2, -0.15) is 5.10 Å². The summed E-state index contributed by atoms with van der Waals surface area (Å²) in [6, 6.07) is 13.1. The Balaban J connectivity index is 1.97. The summed E-state index contributed by atoms with van der Waals surface area (Å²) in [4.78, 5) is 12.1. The Morgan fingerprint density at radius 3 is 2.38 bits per heavy atom. The second kappa shape index (κ2) is 10.0. The molecule has 1 amide bonds. The molecule has 0 spiro atoms. The molecule has 0 heterocycles. The van der Waals surface area contributed by atoms with E-state index in [1.807, 2.05) is 36.4 Å². The molecule has 2 N–H and O–H groups in total. The molecule has 0 aliphatic rings. The number of hydrogen-bond donors (Lipinski definition) is 2. The van der Waals surface area contributed by atoms with Crippen LogP contribution in [0.5, 0.6) is 11.5 Å². The standard InChI is InChI=1S/C20H22N2O4/c1-25-18-11-16(17(14-23)12-19(18)26-2)13-20(24)22-21-10-6-9-15-7-4-3-5-8-15/h3-12,23H,13-14H2,1-2H3,(H,22,24)/b9-6+,21-10+. The number of benzene rings is 2. The van der Waals surface area contributed by atoms with E-state index in [9.17, 15) is 9.90 Å². The van der Waals surface area contributed by atoms with Crippen LogP contribution < -0.4 is 14.9 Å². The van der Waals surface area contributed by atoms with Gasteiger partial charge in [0.05, 0.1) is 27.2 Å². The number of nitrogens with one attached hydrogen (secondary N) is 1. The number of methoxy groups -OCH3 is 2. The summed E-state index contributed by atoms with van der Waals surface area (Å²) in [6.45, 7) is -0.202. The van der Waals surface area contributed by atoms with Crippen LogP contribution in [0.15, 0.2) is 53.6 Å². The fourth-order valence-electron chi connectivity index (χ4n) is 2.36. The van der Waals surface area contributed by atoms with E-state index in [1.54, 1.807) is 18.2 Å². The first kappa shape index (κ1) is 19.2. The van der Waals surface area contributed by atoms with Crippen LogP contribution in [0.2, 0.25) is 0 Å². The quantitative estimate of drug-likeness (QED) is 0.564. The Morgan fingerprint density at radius 1 is 1.12 bits per heavy atom. The number of carbonyl (C=O) groups excluding carboxylic acids is 1. The van der Waals surface area contributed by atoms with Crippen LogP contribution in [0.3, 0.4) is 0 Å². The third-order valence-corrected chi connectivity index (χ3v) is 3.67. The van der Waals surface area contributed by atoms with Crippen molar-refractivity contribution < 1.29 is 19.4 Å². The zero-order valence-corrected chi connectivity index (χ0v) is 14.8. The van der Waals surface area contributed by atoms with E-state index < -0.39 is 0 Å². The molecule has 2 rings (SSSR count). The number of nitrogens with zero attached hydrogens (tertiary/aromatic N) is 1. The molecule has 0 atom stereocenters. The van der Waals surface area contributed by atoms with E-state index in [1.165, 1.54) is 20.4 Å². The molecule has 136 valence electrons. The summed E-state index contributed by atoms with van der Waals surface area (Å²) in [7, 11) is 3.03. The van der Waals surface area contributed by atoms with Crippen LogP contribution in [0.1, 0.15) is 16.7 Å². The van der Waals surface area contributed by atoms with Crippen molar-refractivity contribution in [3.05, 3.63) is 65.2 Å². The van der Waals surface area contributed by atoms with Gasteiger partial charge in [-0.05, 0) is 34.9 Å². The topological polar surface area (TPSA) is 80.2 Å². The normalized spacial score (nSPS) is 11.0. The number of carbonyl (C=O) groups is 1. The van der Waals surface area contributed by atoms with Crippen LogP contribution in [0.4, 0.5) is 0 Å². The van der Waals surface area contributed by atoms with E-state index in [2.05, 4.69) is 10.5 Å². The van der Waals surface area contributed by atoms with Crippen molar-refractivity contribution in [2.75, 3.05) is 14.2 Å². The molecule has 2 aromatic rings. The Kier molecular flexibility index (Phi) is 7.39. The lowest BCUT2D eigenvalue weighted by molar-refractivity contribution is -0.120. The van der Waals surface area contributed by atoms with Crippen LogP contribution in [-0.2, 0) is 17.8 Å². The molecule has 26 heavy (non-hydrogen) atoms. The molecule has 0 aliphatic heterocycles. The largest absolute Gasteiger partial charge is 0.493 e. The maximum absolute atomic E-state index is 12.1. The van der Waals surface area contributed by atoms with Crippen molar-refractivity contribution in [1.82, 2.24) is 5.43 Å². The molecule has 0 fully saturated rings. The molecule has 6 nitrogen and oxygen atoms in total. The number of hydrogen-bond acceptors (Lipinski definition) is 5. The minimum Gasteiger partial charge on any atom is -0.493 e. The van der Waals surface area contributed by atoms with Gasteiger partial charge in [0.25, 0.3) is 0 Å². The third kappa shape index (κ3) is 5.46. The predicted molar refractivity (Wildman–Crippen MR) is 101 cm³/mol. The van der Waals surface area contributed by atoms with Crippen LogP contribution in [0.25, 0.3) is 6.08 Å². The smallest absolute Gasteiger partial charge is 0.244 e. The van der Waals surface area contributed by atoms with Gasteiger partial charge in [-0.3, -0.25) is 4.79 Å². The lowest BCUT2D eigenvalue weighted by Gasteiger charge is -2.13. The van der Waals surface area contributed by atoms with Crippen molar-refractivity contribution >= 4 is 18.2 Å². The van der Waals surface area contributed by atoms with Crippen molar-refractivity contribution in [1.29, 1.82) is 0 Å². The summed E-state index contributed by atoms with van der Waals surface area (Å²) < 4.78 is 10.4. The fourth-order valence-corrected chi connectivity index (χ4v) is 2.36. The second-order valence-electron chi connectivity index (χ2n) is 5.39. The fraction of sp³-hybridized carbons (Fsp3) is 0.200. The highest BCUT2D eigenvalue weighted by atomic mass is 16.5. The maximum Gasteiger partial charge on any atom is 0.244 e. The van der Waals surface area contributed by atoms with Crippen molar-refractivity contribution in [2.45, 2.75) is 13.0 Å². The Hall–Kier alpha value is -3.12. The SMILES string of the molecule is COc1cc(CO)c(CC(=O)N/N=C/C=C/c2ccccc2)cc1OC. The maximum atomic E-state index is 12.1. The summed E-state index contributed by atoms with van der Waals surface area (Å²) >= 11 is 0. The number of aliphatic hydroxyl groups is 1. The van der Waals surface area contributed by atoms with E-state index in [0.29, 0.717) is 22.6 Å². The zero-order valence-electron chi connectivity index (χ0n) is 14.8. The molecule has 0 unspecified atom stereocenters. The molecule has 0 radical (unpaired) electrons. The number of allylic oxidation sites excluding steroid dienone is 1. The predicted octanol–water partition coefficient (Wildman–Crippen LogP) is 2.55. The highest BCUT2D eigenvalue weighted by Gasteiger charge is 2.13. The molecule has 0 aromatic heterocycles. The third-order valence-electron chi connectivity index (χ3n) is 3.67. The van der Waals surface area contributed by atoms with Gasteiger partial charge >= 0.3 is 0 Å². The average Bonchev–Trinajstić information content (AvgIpc) is 2.68. The summed E-state index contributed by atoms with van der Waals surface area (Å²) in [5.74, 6) is 0.711. The number of hydrazone groups is 1. The van der Waals surface area contributed by atoms with Crippen molar-refractivity contribution in [3.8, 4) is 11.5 Å². The summed E-state index contributed by atoms with van der Waals surface area (Å²) in [5, 5.41) is 13.4. The molecule has 0 saturated carbocycles. The lowest BCUT2D eigenvalue weighted by Crippen LogP contribution is -2.20. The summed E-state index contributed by atoms with van der Waals surface area (Å²) in [6.07, 6.45) is 5.20. The monoisotopic (exact) mass is 354 g/mol. The average molecular weight is 354 g/mol. The van der Waals surface area contributed by atoms with Crippen LogP contribution >= 0.6 is 0 Å². The van der Waals surface area contributed by atoms with Gasteiger partial charge in [-0.1, -0.05) is 36.4 Å². The Morgan fingerprint density at radius 2 is 1.77 bits per heavy atom. The molecular formula is C20H22N2O4. The second-order valence-corrected chi connectivity index (χ2v) is 5.39. The summed E-state index contributed by atoms with van der Waals surface area (Å²) in [5.41, 5.74) is 4.76. The number of aliphatic hydroxyl groups excluding tert-OH is 1. The van der Waals surface area contributed by atoms with E-state index in [0.717, 1.165) is 5.56 Å². The van der Waals surface area contributed by atoms with Crippen LogP contribution in [-0.4, -0.2) is 31.4 Å². The number of amides is 1. The molecule has 6 heteroatoms. The first-order valence-electron chi connectivity index (χ1n) is 8.06. The van der Waals surface area contributed by atoms with E-state index >= 15 is 0 Å². The minimum atomic E-state index is -0.295. The van der Waals surface area contributed by atoms with Gasteiger partial charge in [0.1, 0.15) is 0 Å². The lowest BCUT2D eigenvalue weighted by atomic mass is 10.0. The number of rotatable bonds is 8. The number of ether oxygens (including phenoxy) is 2. The Labute approximate surface area is 152 Å². The molecule has 2 aromatic carbocycles.